The summed E-state index contributed by atoms with van der Waals surface area (Å²) in [5, 5.41) is 0. The molecule has 0 spiro atoms. The standard InChI is InChI=1S/C15H17N3O/c19-15-7-1-5-13(17-15)11-18-9-3-6-14(18)12-4-2-8-16-10-12/h1-2,4-5,7-8,10,14H,3,6,9,11H2,(H,17,19). The Hall–Kier alpha value is -1.94. The smallest absolute Gasteiger partial charge is 0.248 e. The molecule has 0 bridgehead atoms. The van der Waals surface area contributed by atoms with Gasteiger partial charge in [-0.05, 0) is 37.1 Å². The molecule has 0 saturated carbocycles. The van der Waals surface area contributed by atoms with E-state index in [4.69, 9.17) is 0 Å². The van der Waals surface area contributed by atoms with Crippen LogP contribution in [-0.4, -0.2) is 21.4 Å². The fraction of sp³-hybridized carbons (Fsp3) is 0.333. The number of likely N-dealkylation sites (tertiary alicyclic amines) is 1. The number of hydrogen-bond donors (Lipinski definition) is 1. The number of nitrogens with one attached hydrogen (secondary N) is 1. The molecule has 0 aromatic carbocycles. The minimum atomic E-state index is -0.0328. The van der Waals surface area contributed by atoms with Crippen LogP contribution in [0.1, 0.15) is 30.1 Å². The monoisotopic (exact) mass is 255 g/mol. The molecule has 3 rings (SSSR count). The number of H-pyrrole nitrogens is 1. The van der Waals surface area contributed by atoms with Crippen LogP contribution in [0.5, 0.6) is 0 Å². The molecule has 3 heterocycles. The highest BCUT2D eigenvalue weighted by atomic mass is 16.1. The number of aromatic amines is 1. The van der Waals surface area contributed by atoms with Gasteiger partial charge in [-0.25, -0.2) is 0 Å². The molecular formula is C15H17N3O. The van der Waals surface area contributed by atoms with Crippen LogP contribution in [0.25, 0.3) is 0 Å². The summed E-state index contributed by atoms with van der Waals surface area (Å²) in [6, 6.07) is 9.85. The van der Waals surface area contributed by atoms with Crippen molar-refractivity contribution < 1.29 is 0 Å². The first kappa shape index (κ1) is 12.1. The van der Waals surface area contributed by atoms with Crippen LogP contribution in [0.2, 0.25) is 0 Å². The van der Waals surface area contributed by atoms with Gasteiger partial charge < -0.3 is 4.98 Å². The maximum atomic E-state index is 11.3. The zero-order valence-electron chi connectivity index (χ0n) is 10.7. The van der Waals surface area contributed by atoms with E-state index in [1.807, 2.05) is 24.4 Å². The fourth-order valence-electron chi connectivity index (χ4n) is 2.77. The third-order valence-electron chi connectivity index (χ3n) is 3.64. The van der Waals surface area contributed by atoms with Gasteiger partial charge in [-0.3, -0.25) is 14.7 Å². The van der Waals surface area contributed by atoms with Gasteiger partial charge in [-0.15, -0.1) is 0 Å². The molecule has 1 aliphatic rings. The third kappa shape index (κ3) is 2.74. The predicted molar refractivity (Wildman–Crippen MR) is 73.7 cm³/mol. The van der Waals surface area contributed by atoms with E-state index in [0.29, 0.717) is 6.04 Å². The van der Waals surface area contributed by atoms with Crippen molar-refractivity contribution in [3.63, 3.8) is 0 Å². The van der Waals surface area contributed by atoms with E-state index in [1.54, 1.807) is 12.3 Å². The molecule has 0 amide bonds. The summed E-state index contributed by atoms with van der Waals surface area (Å²) < 4.78 is 0. The zero-order chi connectivity index (χ0) is 13.1. The Morgan fingerprint density at radius 2 is 2.26 bits per heavy atom. The van der Waals surface area contributed by atoms with Gasteiger partial charge in [0.15, 0.2) is 0 Å². The van der Waals surface area contributed by atoms with Gasteiger partial charge in [-0.1, -0.05) is 12.1 Å². The van der Waals surface area contributed by atoms with Crippen molar-refractivity contribution >= 4 is 0 Å². The SMILES string of the molecule is O=c1cccc(CN2CCCC2c2cccnc2)[nH]1. The second-order valence-electron chi connectivity index (χ2n) is 4.96. The van der Waals surface area contributed by atoms with Crippen LogP contribution in [-0.2, 0) is 6.54 Å². The molecule has 19 heavy (non-hydrogen) atoms. The lowest BCUT2D eigenvalue weighted by atomic mass is 10.1. The van der Waals surface area contributed by atoms with Gasteiger partial charge in [0, 0.05) is 36.7 Å². The van der Waals surface area contributed by atoms with Crippen LogP contribution < -0.4 is 5.56 Å². The van der Waals surface area contributed by atoms with E-state index in [-0.39, 0.29) is 5.56 Å². The highest BCUT2D eigenvalue weighted by Gasteiger charge is 2.26. The van der Waals surface area contributed by atoms with Gasteiger partial charge in [-0.2, -0.15) is 0 Å². The molecule has 4 nitrogen and oxygen atoms in total. The molecular weight excluding hydrogens is 238 g/mol. The predicted octanol–water partition coefficient (Wildman–Crippen LogP) is 2.11. The van der Waals surface area contributed by atoms with E-state index in [1.165, 1.54) is 12.0 Å². The molecule has 1 aliphatic heterocycles. The molecule has 1 N–H and O–H groups in total. The van der Waals surface area contributed by atoms with Crippen LogP contribution in [0.15, 0.2) is 47.5 Å². The van der Waals surface area contributed by atoms with Crippen LogP contribution in [0, 0.1) is 0 Å². The maximum Gasteiger partial charge on any atom is 0.248 e. The van der Waals surface area contributed by atoms with Crippen molar-refractivity contribution in [2.24, 2.45) is 0 Å². The summed E-state index contributed by atoms with van der Waals surface area (Å²) in [7, 11) is 0. The minimum Gasteiger partial charge on any atom is -0.325 e. The number of aromatic nitrogens is 2. The zero-order valence-corrected chi connectivity index (χ0v) is 10.7. The van der Waals surface area contributed by atoms with Gasteiger partial charge in [0.25, 0.3) is 0 Å². The van der Waals surface area contributed by atoms with E-state index in [2.05, 4.69) is 20.9 Å². The summed E-state index contributed by atoms with van der Waals surface area (Å²) in [6.45, 7) is 1.85. The first-order chi connectivity index (χ1) is 9.33. The molecule has 0 radical (unpaired) electrons. The second kappa shape index (κ2) is 5.36. The molecule has 1 saturated heterocycles. The molecule has 4 heteroatoms. The molecule has 1 atom stereocenters. The van der Waals surface area contributed by atoms with Crippen molar-refractivity contribution in [2.45, 2.75) is 25.4 Å². The van der Waals surface area contributed by atoms with Gasteiger partial charge in [0.05, 0.1) is 0 Å². The summed E-state index contributed by atoms with van der Waals surface area (Å²) >= 11 is 0. The third-order valence-corrected chi connectivity index (χ3v) is 3.64. The Morgan fingerprint density at radius 3 is 3.05 bits per heavy atom. The summed E-state index contributed by atoms with van der Waals surface area (Å²) in [6.07, 6.45) is 6.09. The average Bonchev–Trinajstić information content (AvgIpc) is 2.88. The Labute approximate surface area is 112 Å². The fourth-order valence-corrected chi connectivity index (χ4v) is 2.77. The molecule has 2 aromatic rings. The van der Waals surface area contributed by atoms with E-state index in [9.17, 15) is 4.79 Å². The lowest BCUT2D eigenvalue weighted by molar-refractivity contribution is 0.245. The van der Waals surface area contributed by atoms with E-state index >= 15 is 0 Å². The highest BCUT2D eigenvalue weighted by molar-refractivity contribution is 5.16. The quantitative estimate of drug-likeness (QED) is 0.913. The van der Waals surface area contributed by atoms with Crippen molar-refractivity contribution in [1.29, 1.82) is 0 Å². The van der Waals surface area contributed by atoms with E-state index < -0.39 is 0 Å². The maximum absolute atomic E-state index is 11.3. The first-order valence-electron chi connectivity index (χ1n) is 6.65. The first-order valence-corrected chi connectivity index (χ1v) is 6.65. The lowest BCUT2D eigenvalue weighted by Crippen LogP contribution is -2.24. The molecule has 0 aliphatic carbocycles. The molecule has 98 valence electrons. The minimum absolute atomic E-state index is 0.0328. The van der Waals surface area contributed by atoms with E-state index in [0.717, 1.165) is 25.2 Å². The lowest BCUT2D eigenvalue weighted by Gasteiger charge is -2.24. The Kier molecular flexibility index (Phi) is 3.42. The normalized spacial score (nSPS) is 19.7. The second-order valence-corrected chi connectivity index (χ2v) is 4.96. The largest absolute Gasteiger partial charge is 0.325 e. The topological polar surface area (TPSA) is 49.0 Å². The van der Waals surface area contributed by atoms with Crippen LogP contribution in [0.4, 0.5) is 0 Å². The Morgan fingerprint density at radius 1 is 1.32 bits per heavy atom. The number of rotatable bonds is 3. The van der Waals surface area contributed by atoms with Crippen molar-refractivity contribution in [3.05, 3.63) is 64.3 Å². The highest BCUT2D eigenvalue weighted by Crippen LogP contribution is 2.32. The molecule has 1 unspecified atom stereocenters. The Bertz CT molecular complexity index is 594. The number of nitrogens with zero attached hydrogens (tertiary/aromatic N) is 2. The van der Waals surface area contributed by atoms with Crippen LogP contribution >= 0.6 is 0 Å². The van der Waals surface area contributed by atoms with Crippen molar-refractivity contribution in [1.82, 2.24) is 14.9 Å². The Balaban J connectivity index is 1.79. The summed E-state index contributed by atoms with van der Waals surface area (Å²) in [5.41, 5.74) is 2.20. The van der Waals surface area contributed by atoms with Crippen LogP contribution in [0.3, 0.4) is 0 Å². The van der Waals surface area contributed by atoms with Gasteiger partial charge >= 0.3 is 0 Å². The summed E-state index contributed by atoms with van der Waals surface area (Å²) in [5.74, 6) is 0. The van der Waals surface area contributed by atoms with Crippen molar-refractivity contribution in [2.75, 3.05) is 6.54 Å². The molecule has 2 aromatic heterocycles. The number of pyridine rings is 2. The van der Waals surface area contributed by atoms with Crippen molar-refractivity contribution in [3.8, 4) is 0 Å². The summed E-state index contributed by atoms with van der Waals surface area (Å²) in [4.78, 5) is 20.8. The van der Waals surface area contributed by atoms with Gasteiger partial charge in [0.2, 0.25) is 5.56 Å². The number of hydrogen-bond acceptors (Lipinski definition) is 3. The van der Waals surface area contributed by atoms with Gasteiger partial charge in [0.1, 0.15) is 0 Å². The average molecular weight is 255 g/mol. The molecule has 1 fully saturated rings.